The molecule has 0 radical (unpaired) electrons. The zero-order valence-corrected chi connectivity index (χ0v) is 11.8. The Morgan fingerprint density at radius 3 is 2.50 bits per heavy atom. The molecular formula is C13H13ClS2. The van der Waals surface area contributed by atoms with Gasteiger partial charge in [-0.15, -0.1) is 25.3 Å². The van der Waals surface area contributed by atoms with Gasteiger partial charge in [-0.3, -0.25) is 0 Å². The van der Waals surface area contributed by atoms with Crippen LogP contribution in [-0.2, 0) is 6.42 Å². The third-order valence-electron chi connectivity index (χ3n) is 2.84. The molecule has 84 valence electrons. The molecule has 0 aromatic heterocycles. The number of hydrogen-bond donors (Lipinski definition) is 2. The lowest BCUT2D eigenvalue weighted by atomic mass is 10.0. The van der Waals surface area contributed by atoms with Crippen LogP contribution in [0.5, 0.6) is 0 Å². The molecule has 2 aromatic rings. The topological polar surface area (TPSA) is 0 Å². The van der Waals surface area contributed by atoms with Crippen LogP contribution in [0.2, 0.25) is 5.02 Å². The van der Waals surface area contributed by atoms with Crippen LogP contribution in [0, 0.1) is 6.92 Å². The van der Waals surface area contributed by atoms with Crippen molar-refractivity contribution < 1.29 is 0 Å². The molecule has 0 aliphatic heterocycles. The Labute approximate surface area is 112 Å². The number of hydrogen-bond acceptors (Lipinski definition) is 2. The molecule has 0 atom stereocenters. The first-order valence-electron chi connectivity index (χ1n) is 5.18. The van der Waals surface area contributed by atoms with Crippen molar-refractivity contribution in [2.45, 2.75) is 30.1 Å². The zero-order valence-electron chi connectivity index (χ0n) is 9.21. The van der Waals surface area contributed by atoms with Crippen molar-refractivity contribution in [1.29, 1.82) is 0 Å². The summed E-state index contributed by atoms with van der Waals surface area (Å²) in [7, 11) is 0. The lowest BCUT2D eigenvalue weighted by Crippen LogP contribution is -1.89. The molecule has 0 bridgehead atoms. The second-order valence-electron chi connectivity index (χ2n) is 3.89. The van der Waals surface area contributed by atoms with E-state index in [2.05, 4.69) is 44.3 Å². The average Bonchev–Trinajstić information content (AvgIpc) is 2.24. The van der Waals surface area contributed by atoms with Crippen LogP contribution in [0.3, 0.4) is 0 Å². The summed E-state index contributed by atoms with van der Waals surface area (Å²) in [5.74, 6) is 0. The molecule has 0 unspecified atom stereocenters. The number of rotatable bonds is 1. The van der Waals surface area contributed by atoms with Crippen LogP contribution in [0.1, 0.15) is 18.1 Å². The van der Waals surface area contributed by atoms with Gasteiger partial charge in [0.25, 0.3) is 0 Å². The maximum absolute atomic E-state index is 6.39. The molecular weight excluding hydrogens is 256 g/mol. The summed E-state index contributed by atoms with van der Waals surface area (Å²) in [6, 6.07) is 6.16. The fraction of sp³-hybridized carbons (Fsp3) is 0.231. The first kappa shape index (κ1) is 12.2. The van der Waals surface area contributed by atoms with Crippen LogP contribution >= 0.6 is 36.9 Å². The molecule has 0 spiro atoms. The summed E-state index contributed by atoms with van der Waals surface area (Å²) in [6.07, 6.45) is 0.954. The Bertz CT molecular complexity index is 562. The van der Waals surface area contributed by atoms with Gasteiger partial charge in [-0.05, 0) is 48.1 Å². The van der Waals surface area contributed by atoms with Crippen molar-refractivity contribution >= 4 is 47.6 Å². The zero-order chi connectivity index (χ0) is 11.9. The fourth-order valence-corrected chi connectivity index (χ4v) is 2.87. The Morgan fingerprint density at radius 2 is 1.88 bits per heavy atom. The highest BCUT2D eigenvalue weighted by Crippen LogP contribution is 2.35. The summed E-state index contributed by atoms with van der Waals surface area (Å²) >= 11 is 15.2. The molecule has 0 amide bonds. The Balaban J connectivity index is 2.95. The van der Waals surface area contributed by atoms with Crippen molar-refractivity contribution in [2.75, 3.05) is 0 Å². The summed E-state index contributed by atoms with van der Waals surface area (Å²) in [5, 5.41) is 3.06. The van der Waals surface area contributed by atoms with E-state index in [0.717, 1.165) is 37.6 Å². The lowest BCUT2D eigenvalue weighted by Gasteiger charge is -2.12. The van der Waals surface area contributed by atoms with E-state index < -0.39 is 0 Å². The highest BCUT2D eigenvalue weighted by molar-refractivity contribution is 7.80. The molecule has 0 aliphatic carbocycles. The first-order chi connectivity index (χ1) is 7.54. The second kappa shape index (κ2) is 4.52. The quantitative estimate of drug-likeness (QED) is 0.673. The smallest absolute Gasteiger partial charge is 0.0527 e. The minimum Gasteiger partial charge on any atom is -0.143 e. The molecule has 0 heterocycles. The van der Waals surface area contributed by atoms with Gasteiger partial charge in [-0.2, -0.15) is 0 Å². The van der Waals surface area contributed by atoms with Crippen LogP contribution in [0.4, 0.5) is 0 Å². The van der Waals surface area contributed by atoms with Gasteiger partial charge >= 0.3 is 0 Å². The fourth-order valence-electron chi connectivity index (χ4n) is 1.93. The molecule has 16 heavy (non-hydrogen) atoms. The predicted octanol–water partition coefficient (Wildman–Crippen LogP) is 4.94. The largest absolute Gasteiger partial charge is 0.143 e. The van der Waals surface area contributed by atoms with Gasteiger partial charge < -0.3 is 0 Å². The highest BCUT2D eigenvalue weighted by Gasteiger charge is 2.10. The molecule has 0 saturated carbocycles. The molecule has 0 saturated heterocycles. The summed E-state index contributed by atoms with van der Waals surface area (Å²) in [5.41, 5.74) is 2.28. The molecule has 0 nitrogen and oxygen atoms in total. The number of aryl methyl sites for hydroxylation is 1. The predicted molar refractivity (Wildman–Crippen MR) is 77.6 cm³/mol. The minimum atomic E-state index is 0.813. The third-order valence-corrected chi connectivity index (χ3v) is 4.04. The van der Waals surface area contributed by atoms with E-state index in [1.165, 1.54) is 5.56 Å². The molecule has 3 heteroatoms. The Kier molecular flexibility index (Phi) is 3.43. The van der Waals surface area contributed by atoms with Crippen molar-refractivity contribution in [3.8, 4) is 0 Å². The Hall–Kier alpha value is -0.310. The maximum Gasteiger partial charge on any atom is 0.0527 e. The van der Waals surface area contributed by atoms with Crippen LogP contribution in [0.25, 0.3) is 10.8 Å². The van der Waals surface area contributed by atoms with E-state index in [0.29, 0.717) is 0 Å². The average molecular weight is 269 g/mol. The van der Waals surface area contributed by atoms with Gasteiger partial charge in [0, 0.05) is 15.2 Å². The van der Waals surface area contributed by atoms with Crippen LogP contribution < -0.4 is 0 Å². The monoisotopic (exact) mass is 268 g/mol. The maximum atomic E-state index is 6.39. The van der Waals surface area contributed by atoms with Crippen LogP contribution in [0.15, 0.2) is 28.0 Å². The summed E-state index contributed by atoms with van der Waals surface area (Å²) < 4.78 is 0. The van der Waals surface area contributed by atoms with Gasteiger partial charge in [0.15, 0.2) is 0 Å². The van der Waals surface area contributed by atoms with E-state index in [9.17, 15) is 0 Å². The molecule has 0 fully saturated rings. The number of thiol groups is 2. The minimum absolute atomic E-state index is 0.813. The van der Waals surface area contributed by atoms with Crippen molar-refractivity contribution in [2.24, 2.45) is 0 Å². The third kappa shape index (κ3) is 1.94. The highest BCUT2D eigenvalue weighted by atomic mass is 35.5. The van der Waals surface area contributed by atoms with E-state index in [4.69, 9.17) is 11.6 Å². The van der Waals surface area contributed by atoms with Crippen molar-refractivity contribution in [3.63, 3.8) is 0 Å². The van der Waals surface area contributed by atoms with Crippen molar-refractivity contribution in [3.05, 3.63) is 34.3 Å². The van der Waals surface area contributed by atoms with Gasteiger partial charge in [-0.25, -0.2) is 0 Å². The summed E-state index contributed by atoms with van der Waals surface area (Å²) in [6.45, 7) is 4.13. The summed E-state index contributed by atoms with van der Waals surface area (Å²) in [4.78, 5) is 1.90. The number of halogens is 1. The molecule has 0 N–H and O–H groups in total. The Morgan fingerprint density at radius 1 is 1.19 bits per heavy atom. The van der Waals surface area contributed by atoms with Gasteiger partial charge in [-0.1, -0.05) is 18.5 Å². The van der Waals surface area contributed by atoms with Gasteiger partial charge in [0.2, 0.25) is 0 Å². The van der Waals surface area contributed by atoms with E-state index >= 15 is 0 Å². The standard InChI is InChI=1S/C13H13ClS2/c1-3-8-4-10(15)5-9-6-11(16)7(2)13(14)12(8)9/h4-6,15-16H,3H2,1-2H3. The SMILES string of the molecule is CCc1cc(S)cc2cc(S)c(C)c(Cl)c12. The number of fused-ring (bicyclic) bond motifs is 1. The molecule has 0 aliphatic rings. The van der Waals surface area contributed by atoms with E-state index in [1.807, 2.05) is 13.0 Å². The second-order valence-corrected chi connectivity index (χ2v) is 5.27. The van der Waals surface area contributed by atoms with Crippen LogP contribution in [-0.4, -0.2) is 0 Å². The normalized spacial score (nSPS) is 11.1. The van der Waals surface area contributed by atoms with E-state index in [-0.39, 0.29) is 0 Å². The first-order valence-corrected chi connectivity index (χ1v) is 6.45. The van der Waals surface area contributed by atoms with Gasteiger partial charge in [0.05, 0.1) is 5.02 Å². The molecule has 2 aromatic carbocycles. The molecule has 2 rings (SSSR count). The van der Waals surface area contributed by atoms with Gasteiger partial charge in [0.1, 0.15) is 0 Å². The van der Waals surface area contributed by atoms with Crippen molar-refractivity contribution in [1.82, 2.24) is 0 Å². The van der Waals surface area contributed by atoms with E-state index in [1.54, 1.807) is 0 Å². The lowest BCUT2D eigenvalue weighted by molar-refractivity contribution is 1.14. The number of benzene rings is 2.